The molecule has 1 aliphatic heterocycles. The number of benzene rings is 2. The zero-order valence-electron chi connectivity index (χ0n) is 17.6. The van der Waals surface area contributed by atoms with Crippen molar-refractivity contribution in [1.29, 1.82) is 0 Å². The number of nitrogens with zero attached hydrogens (tertiary/aromatic N) is 4. The van der Waals surface area contributed by atoms with Gasteiger partial charge in [-0.25, -0.2) is 0 Å². The second kappa shape index (κ2) is 12.1. The Balaban J connectivity index is 1.87. The number of rotatable bonds is 4. The van der Waals surface area contributed by atoms with Gasteiger partial charge in [-0.15, -0.1) is 0 Å². The average molecular weight is 578 g/mol. The van der Waals surface area contributed by atoms with Crippen molar-refractivity contribution < 1.29 is 0 Å². The quantitative estimate of drug-likeness (QED) is 0.189. The molecule has 1 aliphatic rings. The predicted octanol–water partition coefficient (Wildman–Crippen LogP) is 3.61. The maximum absolute atomic E-state index is 6.45. The van der Waals surface area contributed by atoms with Crippen LogP contribution in [0.4, 0.5) is 0 Å². The molecule has 180 valence electrons. The van der Waals surface area contributed by atoms with Crippen LogP contribution in [-0.4, -0.2) is 57.9 Å². The summed E-state index contributed by atoms with van der Waals surface area (Å²) in [6, 6.07) is 10.4. The summed E-state index contributed by atoms with van der Waals surface area (Å²) < 4.78 is 0. The highest BCUT2D eigenvalue weighted by Crippen LogP contribution is 2.25. The lowest BCUT2D eigenvalue weighted by molar-refractivity contribution is 0.258. The van der Waals surface area contributed by atoms with Crippen LogP contribution < -0.4 is 22.3 Å². The molecule has 0 saturated carbocycles. The number of thiocarbonyl (C=S) groups is 2. The number of hydrogen-bond acceptors (Lipinski definition) is 4. The van der Waals surface area contributed by atoms with Gasteiger partial charge in [-0.05, 0) is 60.8 Å². The summed E-state index contributed by atoms with van der Waals surface area (Å²) in [5, 5.41) is 10.8. The van der Waals surface area contributed by atoms with E-state index in [1.165, 1.54) is 0 Å². The molecule has 2 aromatic carbocycles. The summed E-state index contributed by atoms with van der Waals surface area (Å²) in [5.74, 6) is 1.16. The van der Waals surface area contributed by atoms with Gasteiger partial charge in [0.1, 0.15) is 0 Å². The Morgan fingerprint density at radius 3 is 1.35 bits per heavy atom. The van der Waals surface area contributed by atoms with Crippen LogP contribution in [0.5, 0.6) is 0 Å². The Labute approximate surface area is 227 Å². The fourth-order valence-electron chi connectivity index (χ4n) is 3.29. The molecule has 0 unspecified atom stereocenters. The molecule has 0 aromatic heterocycles. The highest BCUT2D eigenvalue weighted by atomic mass is 35.5. The van der Waals surface area contributed by atoms with E-state index in [0.717, 1.165) is 0 Å². The topological polar surface area (TPSA) is 107 Å². The number of nitrogens with one attached hydrogen (secondary N) is 2. The van der Waals surface area contributed by atoms with Crippen LogP contribution in [0.3, 0.4) is 0 Å². The third-order valence-electron chi connectivity index (χ3n) is 4.77. The van der Waals surface area contributed by atoms with Gasteiger partial charge < -0.3 is 21.3 Å². The molecular weight excluding hydrogens is 558 g/mol. The van der Waals surface area contributed by atoms with Crippen molar-refractivity contribution in [3.63, 3.8) is 0 Å². The second-order valence-electron chi connectivity index (χ2n) is 7.05. The summed E-state index contributed by atoms with van der Waals surface area (Å²) >= 11 is 34.8. The standard InChI is InChI=1S/C20H20Cl4N8S2/c21-11-1-3-13(15(23)9-11)17(27-29-19(25)33)31-5-7-32(8-6-31)18(28-30-20(26)34)14-4-2-12(22)10-16(14)24/h1-4,9-10H,5-8H2,(H3,25,29,33)(H3,26,30,34). The van der Waals surface area contributed by atoms with E-state index >= 15 is 0 Å². The van der Waals surface area contributed by atoms with Crippen LogP contribution in [-0.2, 0) is 0 Å². The van der Waals surface area contributed by atoms with Crippen molar-refractivity contribution in [2.75, 3.05) is 26.2 Å². The monoisotopic (exact) mass is 576 g/mol. The molecule has 1 heterocycles. The van der Waals surface area contributed by atoms with Crippen LogP contribution >= 0.6 is 70.8 Å². The van der Waals surface area contributed by atoms with Gasteiger partial charge in [-0.1, -0.05) is 46.4 Å². The van der Waals surface area contributed by atoms with Crippen LogP contribution in [0.2, 0.25) is 20.1 Å². The molecule has 3 rings (SSSR count). The van der Waals surface area contributed by atoms with E-state index in [0.29, 0.717) is 69.1 Å². The van der Waals surface area contributed by atoms with Crippen molar-refractivity contribution >= 4 is 92.7 Å². The van der Waals surface area contributed by atoms with Gasteiger partial charge in [0.25, 0.3) is 0 Å². The number of amidine groups is 2. The molecule has 0 bridgehead atoms. The molecule has 0 aliphatic carbocycles. The summed E-state index contributed by atoms with van der Waals surface area (Å²) in [6.07, 6.45) is 0. The number of halogens is 4. The van der Waals surface area contributed by atoms with Gasteiger partial charge in [0, 0.05) is 47.4 Å². The molecule has 14 heteroatoms. The summed E-state index contributed by atoms with van der Waals surface area (Å²) in [6.45, 7) is 2.31. The predicted molar refractivity (Wildman–Crippen MR) is 149 cm³/mol. The minimum atomic E-state index is 0.0387. The van der Waals surface area contributed by atoms with E-state index < -0.39 is 0 Å². The molecule has 8 nitrogen and oxygen atoms in total. The lowest BCUT2D eigenvalue weighted by Gasteiger charge is -2.38. The van der Waals surface area contributed by atoms with Crippen molar-refractivity contribution in [2.24, 2.45) is 21.7 Å². The Bertz CT molecular complexity index is 1060. The van der Waals surface area contributed by atoms with Crippen LogP contribution in [0.25, 0.3) is 0 Å². The molecule has 0 amide bonds. The molecule has 1 fully saturated rings. The van der Waals surface area contributed by atoms with Crippen molar-refractivity contribution in [3.8, 4) is 0 Å². The Hall–Kier alpha value is -2.08. The van der Waals surface area contributed by atoms with Gasteiger partial charge in [0.15, 0.2) is 21.9 Å². The van der Waals surface area contributed by atoms with Crippen molar-refractivity contribution in [1.82, 2.24) is 20.7 Å². The first-order chi connectivity index (χ1) is 16.2. The van der Waals surface area contributed by atoms with E-state index in [1.54, 1.807) is 36.4 Å². The lowest BCUT2D eigenvalue weighted by atomic mass is 10.1. The molecule has 34 heavy (non-hydrogen) atoms. The fraction of sp³-hybridized carbons (Fsp3) is 0.200. The molecule has 0 atom stereocenters. The van der Waals surface area contributed by atoms with E-state index in [2.05, 4.69) is 30.9 Å². The van der Waals surface area contributed by atoms with Crippen LogP contribution in [0, 0.1) is 0 Å². The van der Waals surface area contributed by atoms with E-state index in [1.807, 2.05) is 0 Å². The zero-order chi connectivity index (χ0) is 24.8. The summed E-state index contributed by atoms with van der Waals surface area (Å²) in [5.41, 5.74) is 17.8. The van der Waals surface area contributed by atoms with Crippen molar-refractivity contribution in [2.45, 2.75) is 0 Å². The maximum atomic E-state index is 6.45. The highest BCUT2D eigenvalue weighted by Gasteiger charge is 2.26. The normalized spacial score (nSPS) is 14.7. The first kappa shape index (κ1) is 26.5. The Morgan fingerprint density at radius 2 is 1.06 bits per heavy atom. The molecule has 0 radical (unpaired) electrons. The van der Waals surface area contributed by atoms with Gasteiger partial charge in [-0.3, -0.25) is 10.9 Å². The van der Waals surface area contributed by atoms with Gasteiger partial charge in [-0.2, -0.15) is 10.2 Å². The molecular formula is C20H20Cl4N8S2. The molecule has 6 N–H and O–H groups in total. The minimum Gasteiger partial charge on any atom is -0.375 e. The SMILES string of the molecule is NC(=S)NN=C(c1ccc(Cl)cc1Cl)N1CCN(C(=NNC(N)=S)c2ccc(Cl)cc2Cl)CC1. The van der Waals surface area contributed by atoms with E-state index in [-0.39, 0.29) is 10.2 Å². The van der Waals surface area contributed by atoms with Gasteiger partial charge in [0.05, 0.1) is 10.0 Å². The Morgan fingerprint density at radius 1 is 0.706 bits per heavy atom. The number of nitrogens with two attached hydrogens (primary N) is 2. The number of piperazine rings is 1. The third-order valence-corrected chi connectivity index (χ3v) is 6.04. The summed E-state index contributed by atoms with van der Waals surface area (Å²) in [4.78, 5) is 4.11. The van der Waals surface area contributed by atoms with Gasteiger partial charge >= 0.3 is 0 Å². The van der Waals surface area contributed by atoms with Crippen molar-refractivity contribution in [3.05, 3.63) is 67.6 Å². The average Bonchev–Trinajstić information content (AvgIpc) is 2.77. The minimum absolute atomic E-state index is 0.0387. The third kappa shape index (κ3) is 6.97. The summed E-state index contributed by atoms with van der Waals surface area (Å²) in [7, 11) is 0. The first-order valence-electron chi connectivity index (χ1n) is 9.82. The maximum Gasteiger partial charge on any atom is 0.184 e. The van der Waals surface area contributed by atoms with E-state index in [4.69, 9.17) is 82.3 Å². The molecule has 0 spiro atoms. The van der Waals surface area contributed by atoms with Gasteiger partial charge in [0.2, 0.25) is 0 Å². The van der Waals surface area contributed by atoms with E-state index in [9.17, 15) is 0 Å². The largest absolute Gasteiger partial charge is 0.375 e. The lowest BCUT2D eigenvalue weighted by Crippen LogP contribution is -2.52. The number of hydrogen-bond donors (Lipinski definition) is 4. The second-order valence-corrected chi connectivity index (χ2v) is 9.61. The fourth-order valence-corrected chi connectivity index (χ4v) is 4.37. The van der Waals surface area contributed by atoms with Crippen LogP contribution in [0.15, 0.2) is 46.6 Å². The molecule has 1 saturated heterocycles. The smallest absolute Gasteiger partial charge is 0.184 e. The Kier molecular flexibility index (Phi) is 9.40. The highest BCUT2D eigenvalue weighted by molar-refractivity contribution is 7.80. The first-order valence-corrected chi connectivity index (χ1v) is 12.2. The number of hydrazone groups is 2. The van der Waals surface area contributed by atoms with Crippen LogP contribution in [0.1, 0.15) is 11.1 Å². The zero-order valence-corrected chi connectivity index (χ0v) is 22.2. The molecule has 2 aromatic rings.